The van der Waals surface area contributed by atoms with E-state index in [4.69, 9.17) is 24.5 Å². The van der Waals surface area contributed by atoms with Crippen LogP contribution in [0.2, 0.25) is 0 Å². The summed E-state index contributed by atoms with van der Waals surface area (Å²) in [5, 5.41) is 20.2. The Kier molecular flexibility index (Phi) is 11.3. The predicted octanol–water partition coefficient (Wildman–Crippen LogP) is 0.563. The van der Waals surface area contributed by atoms with Crippen molar-refractivity contribution in [1.82, 2.24) is 15.1 Å². The van der Waals surface area contributed by atoms with Crippen LogP contribution in [0.1, 0.15) is 18.7 Å². The number of carbonyl (C=O) groups excluding carboxylic acids is 1. The lowest BCUT2D eigenvalue weighted by molar-refractivity contribution is -0.147. The van der Waals surface area contributed by atoms with Crippen LogP contribution in [0.15, 0.2) is 17.5 Å². The fraction of sp³-hybridized carbons (Fsp3) is 0.611. The van der Waals surface area contributed by atoms with Crippen LogP contribution in [0.5, 0.6) is 0 Å². The molecule has 3 rings (SSSR count). The van der Waals surface area contributed by atoms with E-state index in [1.54, 1.807) is 11.3 Å². The summed E-state index contributed by atoms with van der Waals surface area (Å²) in [4.78, 5) is 36.1. The maximum atomic E-state index is 12.3. The lowest BCUT2D eigenvalue weighted by atomic mass is 10.2. The number of hydrogen-bond acceptors (Lipinski definition) is 7. The predicted molar refractivity (Wildman–Crippen MR) is 105 cm³/mol. The Morgan fingerprint density at radius 3 is 2.25 bits per heavy atom. The first kappa shape index (κ1) is 24.0. The summed E-state index contributed by atoms with van der Waals surface area (Å²) >= 11 is 1.80. The van der Waals surface area contributed by atoms with Crippen LogP contribution in [0.3, 0.4) is 0 Å². The van der Waals surface area contributed by atoms with E-state index >= 15 is 0 Å². The molecule has 2 saturated heterocycles. The first-order valence-electron chi connectivity index (χ1n) is 9.04. The fourth-order valence-electron chi connectivity index (χ4n) is 2.68. The first-order chi connectivity index (χ1) is 13.3. The number of thiophene rings is 1. The Hall–Kier alpha value is -2.01. The number of carbonyl (C=O) groups is 3. The molecule has 1 atom stereocenters. The Balaban J connectivity index is 0.000000420. The average Bonchev–Trinajstić information content (AvgIpc) is 3.15. The first-order valence-corrected chi connectivity index (χ1v) is 9.92. The monoisotopic (exact) mass is 415 g/mol. The molecule has 1 amide bonds. The smallest absolute Gasteiger partial charge is 0.300 e. The number of carboxylic acid groups (broad SMARTS) is 2. The second kappa shape index (κ2) is 13.2. The molecule has 2 aliphatic heterocycles. The highest BCUT2D eigenvalue weighted by molar-refractivity contribution is 7.09. The Bertz CT molecular complexity index is 576. The zero-order valence-electron chi connectivity index (χ0n) is 16.3. The molecule has 3 heterocycles. The van der Waals surface area contributed by atoms with E-state index in [-0.39, 0.29) is 12.0 Å². The minimum atomic E-state index is -0.833. The maximum Gasteiger partial charge on any atom is 0.300 e. The molecule has 0 radical (unpaired) electrons. The van der Waals surface area contributed by atoms with Crippen molar-refractivity contribution >= 4 is 29.2 Å². The maximum absolute atomic E-state index is 12.3. The van der Waals surface area contributed by atoms with Gasteiger partial charge in [-0.25, -0.2) is 0 Å². The molecule has 2 fully saturated rings. The highest BCUT2D eigenvalue weighted by Gasteiger charge is 2.29. The number of nitrogens with one attached hydrogen (secondary N) is 1. The normalized spacial score (nSPS) is 19.5. The lowest BCUT2D eigenvalue weighted by Crippen LogP contribution is -2.54. The molecule has 0 spiro atoms. The summed E-state index contributed by atoms with van der Waals surface area (Å²) in [5.41, 5.74) is 0. The van der Waals surface area contributed by atoms with Crippen LogP contribution >= 0.6 is 11.3 Å². The van der Waals surface area contributed by atoms with Crippen molar-refractivity contribution in [1.29, 1.82) is 0 Å². The second-order valence-corrected chi connectivity index (χ2v) is 7.31. The van der Waals surface area contributed by atoms with Gasteiger partial charge in [-0.3, -0.25) is 19.3 Å². The molecule has 10 heteroatoms. The molecule has 28 heavy (non-hydrogen) atoms. The zero-order valence-corrected chi connectivity index (χ0v) is 17.1. The van der Waals surface area contributed by atoms with Crippen LogP contribution in [0, 0.1) is 0 Å². The molecule has 0 aliphatic carbocycles. The third-order valence-electron chi connectivity index (χ3n) is 3.85. The van der Waals surface area contributed by atoms with Crippen molar-refractivity contribution in [3.63, 3.8) is 0 Å². The second-order valence-electron chi connectivity index (χ2n) is 6.28. The van der Waals surface area contributed by atoms with Gasteiger partial charge in [0.25, 0.3) is 17.8 Å². The summed E-state index contributed by atoms with van der Waals surface area (Å²) in [6.45, 7) is 8.81. The van der Waals surface area contributed by atoms with E-state index in [2.05, 4.69) is 27.7 Å². The number of rotatable bonds is 3. The molecule has 0 aromatic carbocycles. The zero-order chi connectivity index (χ0) is 20.9. The number of aliphatic carboxylic acids is 2. The third kappa shape index (κ3) is 10.4. The molecule has 1 unspecified atom stereocenters. The highest BCUT2D eigenvalue weighted by atomic mass is 32.1. The Morgan fingerprint density at radius 1 is 1.18 bits per heavy atom. The van der Waals surface area contributed by atoms with Crippen molar-refractivity contribution in [3.8, 4) is 0 Å². The van der Waals surface area contributed by atoms with Gasteiger partial charge in [0.1, 0.15) is 6.10 Å². The van der Waals surface area contributed by atoms with Gasteiger partial charge >= 0.3 is 0 Å². The van der Waals surface area contributed by atoms with Crippen molar-refractivity contribution in [2.24, 2.45) is 0 Å². The molecular formula is C18H29N3O6S. The Labute approximate surface area is 168 Å². The molecule has 0 bridgehead atoms. The SMILES string of the molecule is CC(=O)O.CC(=O)O.O=C(C1CNCCO1)N1CCN(Cc2cccs2)CC1. The highest BCUT2D eigenvalue weighted by Crippen LogP contribution is 2.14. The number of morpholine rings is 1. The summed E-state index contributed by atoms with van der Waals surface area (Å²) < 4.78 is 5.54. The lowest BCUT2D eigenvalue weighted by Gasteiger charge is -2.36. The van der Waals surface area contributed by atoms with Crippen molar-refractivity contribution in [3.05, 3.63) is 22.4 Å². The molecule has 3 N–H and O–H groups in total. The van der Waals surface area contributed by atoms with E-state index in [9.17, 15) is 4.79 Å². The van der Waals surface area contributed by atoms with Gasteiger partial charge in [-0.15, -0.1) is 11.3 Å². The van der Waals surface area contributed by atoms with E-state index in [0.29, 0.717) is 13.2 Å². The molecular weight excluding hydrogens is 386 g/mol. The molecule has 158 valence electrons. The van der Waals surface area contributed by atoms with Gasteiger partial charge in [0, 0.05) is 64.5 Å². The summed E-state index contributed by atoms with van der Waals surface area (Å²) in [6, 6.07) is 4.26. The van der Waals surface area contributed by atoms with Gasteiger partial charge in [-0.2, -0.15) is 0 Å². The number of ether oxygens (including phenoxy) is 1. The van der Waals surface area contributed by atoms with Crippen LogP contribution < -0.4 is 5.32 Å². The van der Waals surface area contributed by atoms with Gasteiger partial charge in [0.05, 0.1) is 6.61 Å². The van der Waals surface area contributed by atoms with Crippen LogP contribution in [0.4, 0.5) is 0 Å². The van der Waals surface area contributed by atoms with Gasteiger partial charge in [0.2, 0.25) is 0 Å². The van der Waals surface area contributed by atoms with E-state index in [1.165, 1.54) is 4.88 Å². The van der Waals surface area contributed by atoms with Gasteiger partial charge in [0.15, 0.2) is 0 Å². The fourth-order valence-corrected chi connectivity index (χ4v) is 3.42. The largest absolute Gasteiger partial charge is 0.481 e. The molecule has 2 aliphatic rings. The standard InChI is InChI=1S/C14H21N3O2S.2C2H4O2/c18-14(13-10-15-3-8-19-13)17-6-4-16(5-7-17)11-12-2-1-9-20-12;2*1-2(3)4/h1-2,9,13,15H,3-8,10-11H2;2*1H3,(H,3,4). The number of carboxylic acids is 2. The van der Waals surface area contributed by atoms with E-state index in [1.807, 2.05) is 4.90 Å². The number of hydrogen-bond donors (Lipinski definition) is 3. The average molecular weight is 416 g/mol. The van der Waals surface area contributed by atoms with Crippen LogP contribution in [-0.2, 0) is 25.7 Å². The Morgan fingerprint density at radius 2 is 1.79 bits per heavy atom. The van der Waals surface area contributed by atoms with Gasteiger partial charge < -0.3 is 25.2 Å². The van der Waals surface area contributed by atoms with Crippen molar-refractivity contribution in [2.75, 3.05) is 45.9 Å². The quantitative estimate of drug-likeness (QED) is 0.655. The van der Waals surface area contributed by atoms with Crippen LogP contribution in [-0.4, -0.2) is 89.8 Å². The summed E-state index contributed by atoms with van der Waals surface area (Å²) in [7, 11) is 0. The molecule has 1 aromatic heterocycles. The number of nitrogens with zero attached hydrogens (tertiary/aromatic N) is 2. The minimum absolute atomic E-state index is 0.146. The summed E-state index contributed by atoms with van der Waals surface area (Å²) in [6.07, 6.45) is -0.285. The number of piperazine rings is 1. The molecule has 0 saturated carbocycles. The van der Waals surface area contributed by atoms with Gasteiger partial charge in [-0.1, -0.05) is 6.07 Å². The topological polar surface area (TPSA) is 119 Å². The molecule has 1 aromatic rings. The summed E-state index contributed by atoms with van der Waals surface area (Å²) in [5.74, 6) is -1.52. The minimum Gasteiger partial charge on any atom is -0.481 e. The third-order valence-corrected chi connectivity index (χ3v) is 4.71. The van der Waals surface area contributed by atoms with Crippen molar-refractivity contribution < 1.29 is 29.3 Å². The number of amides is 1. The van der Waals surface area contributed by atoms with Crippen molar-refractivity contribution in [2.45, 2.75) is 26.5 Å². The molecule has 9 nitrogen and oxygen atoms in total. The van der Waals surface area contributed by atoms with E-state index < -0.39 is 11.9 Å². The van der Waals surface area contributed by atoms with Crippen LogP contribution in [0.25, 0.3) is 0 Å². The van der Waals surface area contributed by atoms with Gasteiger partial charge in [-0.05, 0) is 11.4 Å². The van der Waals surface area contributed by atoms with E-state index in [0.717, 1.165) is 53.1 Å².